The van der Waals surface area contributed by atoms with Gasteiger partial charge >= 0.3 is 0 Å². The second kappa shape index (κ2) is 9.11. The molecule has 0 radical (unpaired) electrons. The Morgan fingerprint density at radius 3 is 2.58 bits per heavy atom. The molecule has 2 heterocycles. The number of aromatic nitrogens is 1. The second-order valence-electron chi connectivity index (χ2n) is 7.07. The molecule has 6 heteroatoms. The van der Waals surface area contributed by atoms with Crippen LogP contribution in [-0.4, -0.2) is 84.1 Å². The smallest absolute Gasteiger partial charge is 0.236 e. The van der Waals surface area contributed by atoms with Crippen LogP contribution in [0.2, 0.25) is 0 Å². The molecule has 0 bridgehead atoms. The molecule has 1 aliphatic rings. The molecule has 2 atom stereocenters. The van der Waals surface area contributed by atoms with Crippen LogP contribution >= 0.6 is 0 Å². The fraction of sp³-hybridized carbons (Fsp3) is 0.667. The van der Waals surface area contributed by atoms with Gasteiger partial charge in [-0.2, -0.15) is 0 Å². The van der Waals surface area contributed by atoms with E-state index in [2.05, 4.69) is 24.0 Å². The molecule has 1 N–H and O–H groups in total. The number of carbonyl (C=O) groups excluding carboxylic acids is 1. The first-order valence-corrected chi connectivity index (χ1v) is 8.62. The van der Waals surface area contributed by atoms with Crippen LogP contribution in [0.15, 0.2) is 24.5 Å². The highest BCUT2D eigenvalue weighted by Crippen LogP contribution is 2.19. The average molecular weight is 334 g/mol. The summed E-state index contributed by atoms with van der Waals surface area (Å²) in [6.45, 7) is 2.66. The summed E-state index contributed by atoms with van der Waals surface area (Å²) < 4.78 is 0. The van der Waals surface area contributed by atoms with Crippen molar-refractivity contribution in [1.82, 2.24) is 19.7 Å². The first-order valence-electron chi connectivity index (χ1n) is 8.62. The Kier molecular flexibility index (Phi) is 7.15. The quantitative estimate of drug-likeness (QED) is 0.829. The number of amides is 1. The van der Waals surface area contributed by atoms with Crippen molar-refractivity contribution in [3.8, 4) is 0 Å². The number of likely N-dealkylation sites (tertiary alicyclic amines) is 1. The third kappa shape index (κ3) is 5.54. The van der Waals surface area contributed by atoms with E-state index in [0.29, 0.717) is 19.1 Å². The van der Waals surface area contributed by atoms with Crippen LogP contribution < -0.4 is 0 Å². The fourth-order valence-electron chi connectivity index (χ4n) is 3.21. The molecule has 24 heavy (non-hydrogen) atoms. The SMILES string of the molecule is CN(CC(=O)N1C[C@@H](CO)CC[C@@H](N(C)C)C1)Cc1ccncc1. The van der Waals surface area contributed by atoms with Gasteiger partial charge in [0.15, 0.2) is 0 Å². The van der Waals surface area contributed by atoms with Crippen LogP contribution in [0.25, 0.3) is 0 Å². The lowest BCUT2D eigenvalue weighted by Crippen LogP contribution is -2.46. The van der Waals surface area contributed by atoms with Crippen LogP contribution in [0, 0.1) is 5.92 Å². The molecule has 1 saturated heterocycles. The van der Waals surface area contributed by atoms with E-state index in [1.807, 2.05) is 29.0 Å². The van der Waals surface area contributed by atoms with Gasteiger partial charge in [-0.15, -0.1) is 0 Å². The van der Waals surface area contributed by atoms with Gasteiger partial charge in [0.2, 0.25) is 5.91 Å². The van der Waals surface area contributed by atoms with Gasteiger partial charge in [-0.1, -0.05) is 0 Å². The highest BCUT2D eigenvalue weighted by atomic mass is 16.3. The molecular formula is C18H30N4O2. The van der Waals surface area contributed by atoms with E-state index in [1.165, 1.54) is 0 Å². The van der Waals surface area contributed by atoms with Gasteiger partial charge in [-0.05, 0) is 57.6 Å². The minimum absolute atomic E-state index is 0.138. The number of nitrogens with zero attached hydrogens (tertiary/aromatic N) is 4. The molecule has 1 amide bonds. The predicted octanol–water partition coefficient (Wildman–Crippen LogP) is 0.675. The summed E-state index contributed by atoms with van der Waals surface area (Å²) in [5, 5.41) is 9.55. The topological polar surface area (TPSA) is 59.9 Å². The van der Waals surface area contributed by atoms with Crippen LogP contribution in [0.4, 0.5) is 0 Å². The summed E-state index contributed by atoms with van der Waals surface area (Å²) in [7, 11) is 6.08. The van der Waals surface area contributed by atoms with Crippen molar-refractivity contribution in [3.05, 3.63) is 30.1 Å². The highest BCUT2D eigenvalue weighted by Gasteiger charge is 2.28. The van der Waals surface area contributed by atoms with Crippen LogP contribution in [0.5, 0.6) is 0 Å². The first-order chi connectivity index (χ1) is 11.5. The Morgan fingerprint density at radius 1 is 1.25 bits per heavy atom. The van der Waals surface area contributed by atoms with Gasteiger partial charge < -0.3 is 14.9 Å². The Hall–Kier alpha value is -1.50. The molecule has 2 rings (SSSR count). The lowest BCUT2D eigenvalue weighted by Gasteiger charge is -2.30. The maximum absolute atomic E-state index is 12.8. The zero-order valence-electron chi connectivity index (χ0n) is 15.1. The number of rotatable bonds is 6. The number of aliphatic hydroxyl groups is 1. The van der Waals surface area contributed by atoms with Gasteiger partial charge in [0.05, 0.1) is 6.54 Å². The maximum Gasteiger partial charge on any atom is 0.236 e. The number of likely N-dealkylation sites (N-methyl/N-ethyl adjacent to an activating group) is 2. The molecule has 0 aliphatic carbocycles. The molecule has 0 saturated carbocycles. The van der Waals surface area contributed by atoms with Crippen molar-refractivity contribution in [2.75, 3.05) is 47.4 Å². The summed E-state index contributed by atoms with van der Waals surface area (Å²) in [4.78, 5) is 22.9. The number of hydrogen-bond acceptors (Lipinski definition) is 5. The largest absolute Gasteiger partial charge is 0.396 e. The molecule has 1 fully saturated rings. The van der Waals surface area contributed by atoms with E-state index >= 15 is 0 Å². The van der Waals surface area contributed by atoms with Gasteiger partial charge in [0, 0.05) is 44.7 Å². The molecule has 1 aromatic rings. The maximum atomic E-state index is 12.8. The van der Waals surface area contributed by atoms with Crippen molar-refractivity contribution in [1.29, 1.82) is 0 Å². The predicted molar refractivity (Wildman–Crippen MR) is 94.4 cm³/mol. The molecule has 134 valence electrons. The Bertz CT molecular complexity index is 509. The summed E-state index contributed by atoms with van der Waals surface area (Å²) in [5.41, 5.74) is 1.15. The van der Waals surface area contributed by atoms with E-state index in [1.54, 1.807) is 12.4 Å². The second-order valence-corrected chi connectivity index (χ2v) is 7.07. The van der Waals surface area contributed by atoms with Crippen LogP contribution in [-0.2, 0) is 11.3 Å². The lowest BCUT2D eigenvalue weighted by atomic mass is 10.0. The van der Waals surface area contributed by atoms with Crippen molar-refractivity contribution < 1.29 is 9.90 Å². The van der Waals surface area contributed by atoms with Gasteiger partial charge in [-0.3, -0.25) is 14.7 Å². The third-order valence-corrected chi connectivity index (χ3v) is 4.77. The standard InChI is InChI=1S/C18H30N4O2/c1-20(2)17-5-4-16(14-23)11-22(12-17)18(24)13-21(3)10-15-6-8-19-9-7-15/h6-9,16-17,23H,4-5,10-14H2,1-3H3/t16-,17+/m0/s1. The van der Waals surface area contributed by atoms with Gasteiger partial charge in [-0.25, -0.2) is 0 Å². The highest BCUT2D eigenvalue weighted by molar-refractivity contribution is 5.78. The Morgan fingerprint density at radius 2 is 1.96 bits per heavy atom. The van der Waals surface area contributed by atoms with E-state index in [0.717, 1.165) is 31.5 Å². The van der Waals surface area contributed by atoms with Crippen LogP contribution in [0.1, 0.15) is 18.4 Å². The normalized spacial score (nSPS) is 22.0. The molecule has 1 aliphatic heterocycles. The molecule has 0 spiro atoms. The lowest BCUT2D eigenvalue weighted by molar-refractivity contribution is -0.133. The Labute approximate surface area is 145 Å². The monoisotopic (exact) mass is 334 g/mol. The number of carbonyl (C=O) groups is 1. The number of aliphatic hydroxyl groups excluding tert-OH is 1. The minimum atomic E-state index is 0.138. The summed E-state index contributed by atoms with van der Waals surface area (Å²) >= 11 is 0. The van der Waals surface area contributed by atoms with Crippen molar-refractivity contribution in [2.45, 2.75) is 25.4 Å². The molecular weight excluding hydrogens is 304 g/mol. The Balaban J connectivity index is 1.95. The summed E-state index contributed by atoms with van der Waals surface area (Å²) in [5.74, 6) is 0.322. The van der Waals surface area contributed by atoms with Crippen molar-refractivity contribution in [2.24, 2.45) is 5.92 Å². The minimum Gasteiger partial charge on any atom is -0.396 e. The van der Waals surface area contributed by atoms with E-state index in [4.69, 9.17) is 0 Å². The van der Waals surface area contributed by atoms with Gasteiger partial charge in [0.1, 0.15) is 0 Å². The number of hydrogen-bond donors (Lipinski definition) is 1. The van der Waals surface area contributed by atoms with Crippen LogP contribution in [0.3, 0.4) is 0 Å². The van der Waals surface area contributed by atoms with E-state index < -0.39 is 0 Å². The molecule has 6 nitrogen and oxygen atoms in total. The molecule has 0 aromatic carbocycles. The zero-order valence-corrected chi connectivity index (χ0v) is 15.1. The third-order valence-electron chi connectivity index (χ3n) is 4.77. The summed E-state index contributed by atoms with van der Waals surface area (Å²) in [6.07, 6.45) is 5.53. The van der Waals surface area contributed by atoms with E-state index in [9.17, 15) is 9.90 Å². The van der Waals surface area contributed by atoms with Crippen molar-refractivity contribution in [3.63, 3.8) is 0 Å². The van der Waals surface area contributed by atoms with Crippen molar-refractivity contribution >= 4 is 5.91 Å². The first kappa shape index (κ1) is 18.8. The number of pyridine rings is 1. The molecule has 0 unspecified atom stereocenters. The zero-order chi connectivity index (χ0) is 17.5. The van der Waals surface area contributed by atoms with E-state index in [-0.39, 0.29) is 18.4 Å². The molecule has 1 aromatic heterocycles. The average Bonchev–Trinajstić information content (AvgIpc) is 2.78. The fourth-order valence-corrected chi connectivity index (χ4v) is 3.21. The summed E-state index contributed by atoms with van der Waals surface area (Å²) in [6, 6.07) is 4.30. The van der Waals surface area contributed by atoms with Gasteiger partial charge in [0.25, 0.3) is 0 Å².